The molecule has 0 radical (unpaired) electrons. The molecule has 2 rings (SSSR count). The highest BCUT2D eigenvalue weighted by Crippen LogP contribution is 2.34. The molecule has 0 atom stereocenters. The van der Waals surface area contributed by atoms with Crippen LogP contribution >= 0.6 is 0 Å². The van der Waals surface area contributed by atoms with Gasteiger partial charge in [-0.15, -0.1) is 0 Å². The van der Waals surface area contributed by atoms with Crippen LogP contribution in [0.25, 0.3) is 0 Å². The highest BCUT2D eigenvalue weighted by molar-refractivity contribution is 5.91. The molecule has 3 N–H and O–H groups in total. The molecular formula is C16H14O7. The predicted molar refractivity (Wildman–Crippen MR) is 78.6 cm³/mol. The second kappa shape index (κ2) is 6.69. The van der Waals surface area contributed by atoms with Crippen LogP contribution in [0.5, 0.6) is 23.0 Å². The first-order valence-corrected chi connectivity index (χ1v) is 6.53. The fraction of sp³-hybridized carbons (Fsp3) is 0.125. The van der Waals surface area contributed by atoms with Crippen LogP contribution < -0.4 is 4.74 Å². The number of aromatic hydroxyl groups is 3. The molecule has 0 unspecified atom stereocenters. The first kappa shape index (κ1) is 16.2. The minimum Gasteiger partial charge on any atom is -0.508 e. The van der Waals surface area contributed by atoms with E-state index in [9.17, 15) is 24.9 Å². The Balaban J connectivity index is 2.32. The van der Waals surface area contributed by atoms with Crippen molar-refractivity contribution in [1.29, 1.82) is 0 Å². The molecule has 0 aliphatic carbocycles. The molecule has 0 aliphatic heterocycles. The topological polar surface area (TPSA) is 113 Å². The summed E-state index contributed by atoms with van der Waals surface area (Å²) in [5.41, 5.74) is 0.163. The van der Waals surface area contributed by atoms with Gasteiger partial charge in [-0.2, -0.15) is 0 Å². The Morgan fingerprint density at radius 2 is 1.65 bits per heavy atom. The third kappa shape index (κ3) is 3.91. The quantitative estimate of drug-likeness (QED) is 0.581. The summed E-state index contributed by atoms with van der Waals surface area (Å²) < 4.78 is 9.65. The Labute approximate surface area is 131 Å². The molecule has 0 spiro atoms. The Morgan fingerprint density at radius 1 is 1.00 bits per heavy atom. The van der Waals surface area contributed by atoms with Gasteiger partial charge >= 0.3 is 11.9 Å². The van der Waals surface area contributed by atoms with Crippen LogP contribution in [0.4, 0.5) is 0 Å². The van der Waals surface area contributed by atoms with Crippen molar-refractivity contribution in [1.82, 2.24) is 0 Å². The molecule has 2 aromatic rings. The van der Waals surface area contributed by atoms with Crippen molar-refractivity contribution in [2.75, 3.05) is 7.11 Å². The van der Waals surface area contributed by atoms with Crippen LogP contribution in [-0.4, -0.2) is 34.4 Å². The lowest BCUT2D eigenvalue weighted by molar-refractivity contribution is -0.139. The van der Waals surface area contributed by atoms with E-state index in [1.807, 2.05) is 0 Å². The summed E-state index contributed by atoms with van der Waals surface area (Å²) in [6.45, 7) is 0. The molecular weight excluding hydrogens is 304 g/mol. The van der Waals surface area contributed by atoms with Gasteiger partial charge in [-0.3, -0.25) is 4.79 Å². The number of hydrogen-bond donors (Lipinski definition) is 3. The maximum atomic E-state index is 12.1. The number of hydrogen-bond acceptors (Lipinski definition) is 7. The van der Waals surface area contributed by atoms with Crippen molar-refractivity contribution in [3.05, 3.63) is 47.5 Å². The first-order valence-electron chi connectivity index (χ1n) is 6.53. The van der Waals surface area contributed by atoms with Gasteiger partial charge in [0.05, 0.1) is 19.1 Å². The zero-order chi connectivity index (χ0) is 17.0. The van der Waals surface area contributed by atoms with Crippen molar-refractivity contribution < 1.29 is 34.4 Å². The number of carbonyl (C=O) groups is 2. The largest absolute Gasteiger partial charge is 0.508 e. The van der Waals surface area contributed by atoms with E-state index in [1.54, 1.807) is 0 Å². The van der Waals surface area contributed by atoms with E-state index in [0.29, 0.717) is 0 Å². The predicted octanol–water partition coefficient (Wildman–Crippen LogP) is 1.74. The van der Waals surface area contributed by atoms with Gasteiger partial charge in [0.25, 0.3) is 0 Å². The number of rotatable bonds is 4. The summed E-state index contributed by atoms with van der Waals surface area (Å²) >= 11 is 0. The van der Waals surface area contributed by atoms with Crippen molar-refractivity contribution in [2.45, 2.75) is 6.42 Å². The van der Waals surface area contributed by atoms with Crippen LogP contribution in [0.2, 0.25) is 0 Å². The monoisotopic (exact) mass is 318 g/mol. The van der Waals surface area contributed by atoms with Crippen molar-refractivity contribution >= 4 is 11.9 Å². The molecule has 0 saturated carbocycles. The van der Waals surface area contributed by atoms with Crippen molar-refractivity contribution in [2.24, 2.45) is 0 Å². The highest BCUT2D eigenvalue weighted by atomic mass is 16.5. The number of esters is 2. The fourth-order valence-electron chi connectivity index (χ4n) is 1.86. The summed E-state index contributed by atoms with van der Waals surface area (Å²) in [4.78, 5) is 23.5. The van der Waals surface area contributed by atoms with Gasteiger partial charge in [0.1, 0.15) is 23.0 Å². The third-order valence-electron chi connectivity index (χ3n) is 3.02. The number of phenols is 3. The molecule has 2 aromatic carbocycles. The van der Waals surface area contributed by atoms with Crippen molar-refractivity contribution in [3.8, 4) is 23.0 Å². The molecule has 0 saturated heterocycles. The SMILES string of the molecule is COC(=O)Cc1c(O)cc(O)cc1OC(=O)c1ccc(O)cc1. The van der Waals surface area contributed by atoms with Crippen LogP contribution in [0.15, 0.2) is 36.4 Å². The number of carbonyl (C=O) groups excluding carboxylic acids is 2. The lowest BCUT2D eigenvalue weighted by Gasteiger charge is -2.12. The summed E-state index contributed by atoms with van der Waals surface area (Å²) in [6, 6.07) is 7.45. The third-order valence-corrected chi connectivity index (χ3v) is 3.02. The van der Waals surface area contributed by atoms with Gasteiger partial charge in [-0.1, -0.05) is 0 Å². The Kier molecular flexibility index (Phi) is 4.70. The maximum Gasteiger partial charge on any atom is 0.343 e. The second-order valence-corrected chi connectivity index (χ2v) is 4.63. The van der Waals surface area contributed by atoms with Crippen LogP contribution in [0, 0.1) is 0 Å². The molecule has 23 heavy (non-hydrogen) atoms. The van der Waals surface area contributed by atoms with E-state index >= 15 is 0 Å². The Morgan fingerprint density at radius 3 is 2.26 bits per heavy atom. The van der Waals surface area contributed by atoms with E-state index in [1.165, 1.54) is 31.4 Å². The lowest BCUT2D eigenvalue weighted by Crippen LogP contribution is -2.12. The summed E-state index contributed by atoms with van der Waals surface area (Å²) in [5.74, 6) is -2.32. The van der Waals surface area contributed by atoms with E-state index < -0.39 is 17.7 Å². The number of phenolic OH excluding ortho intramolecular Hbond substituents is 3. The van der Waals surface area contributed by atoms with E-state index in [0.717, 1.165) is 12.1 Å². The standard InChI is InChI=1S/C16H14O7/c1-22-15(20)8-12-13(19)6-11(18)7-14(12)23-16(21)9-2-4-10(17)5-3-9/h2-7,17-19H,8H2,1H3. The summed E-state index contributed by atoms with van der Waals surface area (Å²) in [6.07, 6.45) is -0.333. The molecule has 7 nitrogen and oxygen atoms in total. The number of methoxy groups -OCH3 is 1. The molecule has 0 heterocycles. The van der Waals surface area contributed by atoms with Gasteiger partial charge in [0, 0.05) is 17.7 Å². The molecule has 7 heteroatoms. The first-order chi connectivity index (χ1) is 10.9. The van der Waals surface area contributed by atoms with Crippen LogP contribution in [-0.2, 0) is 16.0 Å². The molecule has 0 aromatic heterocycles. The van der Waals surface area contributed by atoms with E-state index in [-0.39, 0.29) is 34.8 Å². The minimum atomic E-state index is -0.777. The average molecular weight is 318 g/mol. The smallest absolute Gasteiger partial charge is 0.343 e. The zero-order valence-electron chi connectivity index (χ0n) is 12.1. The highest BCUT2D eigenvalue weighted by Gasteiger charge is 2.19. The van der Waals surface area contributed by atoms with Gasteiger partial charge in [0.15, 0.2) is 0 Å². The summed E-state index contributed by atoms with van der Waals surface area (Å²) in [7, 11) is 1.18. The number of ether oxygens (including phenoxy) is 2. The number of benzene rings is 2. The summed E-state index contributed by atoms with van der Waals surface area (Å²) in [5, 5.41) is 28.6. The molecule has 0 amide bonds. The maximum absolute atomic E-state index is 12.1. The van der Waals surface area contributed by atoms with Gasteiger partial charge in [-0.05, 0) is 24.3 Å². The van der Waals surface area contributed by atoms with Crippen LogP contribution in [0.3, 0.4) is 0 Å². The Hall–Kier alpha value is -3.22. The lowest BCUT2D eigenvalue weighted by atomic mass is 10.1. The fourth-order valence-corrected chi connectivity index (χ4v) is 1.86. The Bertz CT molecular complexity index is 735. The minimum absolute atomic E-state index is 0.0112. The zero-order valence-corrected chi connectivity index (χ0v) is 12.1. The molecule has 120 valence electrons. The van der Waals surface area contributed by atoms with Crippen LogP contribution in [0.1, 0.15) is 15.9 Å². The molecule has 0 aliphatic rings. The van der Waals surface area contributed by atoms with Gasteiger partial charge in [0.2, 0.25) is 0 Å². The average Bonchev–Trinajstić information content (AvgIpc) is 2.51. The van der Waals surface area contributed by atoms with E-state index in [2.05, 4.69) is 4.74 Å². The van der Waals surface area contributed by atoms with Gasteiger partial charge in [-0.25, -0.2) is 4.79 Å². The molecule has 0 fully saturated rings. The molecule has 0 bridgehead atoms. The van der Waals surface area contributed by atoms with E-state index in [4.69, 9.17) is 4.74 Å². The van der Waals surface area contributed by atoms with Crippen molar-refractivity contribution in [3.63, 3.8) is 0 Å². The second-order valence-electron chi connectivity index (χ2n) is 4.63. The van der Waals surface area contributed by atoms with Gasteiger partial charge < -0.3 is 24.8 Å². The normalized spacial score (nSPS) is 10.1.